The molecule has 1 heterocycles. The smallest absolute Gasteiger partial charge is 0.340 e. The summed E-state index contributed by atoms with van der Waals surface area (Å²) in [6.07, 6.45) is 1.31. The molecule has 104 valence electrons. The Labute approximate surface area is 126 Å². The number of aromatic nitrogens is 1. The molecule has 0 amide bonds. The highest BCUT2D eigenvalue weighted by molar-refractivity contribution is 6.34. The molecule has 0 unspecified atom stereocenters. The van der Waals surface area contributed by atoms with Crippen LogP contribution in [0, 0.1) is 0 Å². The van der Waals surface area contributed by atoms with Gasteiger partial charge in [0.15, 0.2) is 0 Å². The second-order valence-electron chi connectivity index (χ2n) is 3.91. The lowest BCUT2D eigenvalue weighted by Crippen LogP contribution is -2.06. The fourth-order valence-corrected chi connectivity index (χ4v) is 1.90. The highest BCUT2D eigenvalue weighted by Crippen LogP contribution is 2.20. The Balaban J connectivity index is 2.06. The van der Waals surface area contributed by atoms with E-state index in [0.29, 0.717) is 5.75 Å². The summed E-state index contributed by atoms with van der Waals surface area (Å²) in [7, 11) is 1.57. The van der Waals surface area contributed by atoms with Crippen LogP contribution in [0.2, 0.25) is 10.2 Å². The maximum absolute atomic E-state index is 11.9. The summed E-state index contributed by atoms with van der Waals surface area (Å²) in [5, 5.41) is 0.382. The Morgan fingerprint density at radius 3 is 2.85 bits per heavy atom. The summed E-state index contributed by atoms with van der Waals surface area (Å²) in [4.78, 5) is 15.7. The number of esters is 1. The highest BCUT2D eigenvalue weighted by Gasteiger charge is 2.13. The van der Waals surface area contributed by atoms with Gasteiger partial charge >= 0.3 is 5.97 Å². The van der Waals surface area contributed by atoms with E-state index in [1.165, 1.54) is 12.3 Å². The van der Waals surface area contributed by atoms with Gasteiger partial charge in [-0.15, -0.1) is 0 Å². The van der Waals surface area contributed by atoms with Crippen molar-refractivity contribution in [2.24, 2.45) is 0 Å². The first-order valence-electron chi connectivity index (χ1n) is 5.71. The van der Waals surface area contributed by atoms with Crippen LogP contribution in [0.1, 0.15) is 15.9 Å². The Hall–Kier alpha value is -1.78. The molecule has 0 aliphatic rings. The summed E-state index contributed by atoms with van der Waals surface area (Å²) in [5.74, 6) is 0.144. The predicted molar refractivity (Wildman–Crippen MR) is 76.4 cm³/mol. The lowest BCUT2D eigenvalue weighted by Gasteiger charge is -2.07. The van der Waals surface area contributed by atoms with E-state index in [0.717, 1.165) is 5.56 Å². The van der Waals surface area contributed by atoms with Gasteiger partial charge < -0.3 is 9.47 Å². The maximum Gasteiger partial charge on any atom is 0.340 e. The first-order valence-corrected chi connectivity index (χ1v) is 6.47. The summed E-state index contributed by atoms with van der Waals surface area (Å²) in [5.41, 5.74) is 1.00. The lowest BCUT2D eigenvalue weighted by molar-refractivity contribution is 0.0472. The summed E-state index contributed by atoms with van der Waals surface area (Å²) < 4.78 is 10.3. The van der Waals surface area contributed by atoms with Crippen LogP contribution in [0.5, 0.6) is 5.75 Å². The van der Waals surface area contributed by atoms with E-state index in [1.54, 1.807) is 13.2 Å². The van der Waals surface area contributed by atoms with Gasteiger partial charge in [-0.1, -0.05) is 35.3 Å². The van der Waals surface area contributed by atoms with Gasteiger partial charge in [-0.05, 0) is 23.8 Å². The van der Waals surface area contributed by atoms with Gasteiger partial charge in [0.2, 0.25) is 0 Å². The molecule has 0 saturated carbocycles. The normalized spacial score (nSPS) is 10.2. The van der Waals surface area contributed by atoms with E-state index in [2.05, 4.69) is 4.98 Å². The molecule has 0 radical (unpaired) electrons. The maximum atomic E-state index is 11.9. The van der Waals surface area contributed by atoms with Crippen LogP contribution < -0.4 is 4.74 Å². The van der Waals surface area contributed by atoms with Crippen molar-refractivity contribution in [1.82, 2.24) is 4.98 Å². The van der Waals surface area contributed by atoms with Crippen LogP contribution >= 0.6 is 23.2 Å². The van der Waals surface area contributed by atoms with E-state index < -0.39 is 5.97 Å². The third-order valence-electron chi connectivity index (χ3n) is 2.55. The van der Waals surface area contributed by atoms with Gasteiger partial charge in [-0.3, -0.25) is 0 Å². The van der Waals surface area contributed by atoms with Crippen molar-refractivity contribution < 1.29 is 14.3 Å². The van der Waals surface area contributed by atoms with Gasteiger partial charge in [0.1, 0.15) is 17.5 Å². The number of nitrogens with zero attached hydrogens (tertiary/aromatic N) is 1. The van der Waals surface area contributed by atoms with Crippen molar-refractivity contribution in [3.63, 3.8) is 0 Å². The van der Waals surface area contributed by atoms with Gasteiger partial charge in [0.25, 0.3) is 0 Å². The molecule has 4 nitrogen and oxygen atoms in total. The molecule has 2 aromatic rings. The zero-order chi connectivity index (χ0) is 14.5. The number of methoxy groups -OCH3 is 1. The molecule has 0 atom stereocenters. The third-order valence-corrected chi connectivity index (χ3v) is 3.05. The number of carbonyl (C=O) groups is 1. The van der Waals surface area contributed by atoms with E-state index in [9.17, 15) is 4.79 Å². The van der Waals surface area contributed by atoms with Crippen LogP contribution in [0.4, 0.5) is 0 Å². The number of carbonyl (C=O) groups excluding carboxylic acids is 1. The first kappa shape index (κ1) is 14.6. The monoisotopic (exact) mass is 311 g/mol. The molecule has 0 aliphatic carbocycles. The average molecular weight is 312 g/mol. The largest absolute Gasteiger partial charge is 0.497 e. The van der Waals surface area contributed by atoms with Crippen LogP contribution in [0.15, 0.2) is 36.5 Å². The second kappa shape index (κ2) is 6.59. The van der Waals surface area contributed by atoms with Crippen LogP contribution in [-0.2, 0) is 11.3 Å². The molecule has 1 aromatic carbocycles. The highest BCUT2D eigenvalue weighted by atomic mass is 35.5. The Bertz CT molecular complexity index is 632. The minimum absolute atomic E-state index is 0.117. The molecule has 0 spiro atoms. The summed E-state index contributed by atoms with van der Waals surface area (Å²) >= 11 is 11.6. The molecule has 0 aliphatic heterocycles. The standard InChI is InChI=1S/C14H11Cl2NO3/c1-19-10-4-2-3-9(5-10)8-20-14(18)11-6-13(16)17-7-12(11)15/h2-7H,8H2,1H3. The molecular formula is C14H11Cl2NO3. The van der Waals surface area contributed by atoms with E-state index in [1.807, 2.05) is 18.2 Å². The predicted octanol–water partition coefficient (Wildman–Crippen LogP) is 3.75. The van der Waals surface area contributed by atoms with E-state index in [4.69, 9.17) is 32.7 Å². The minimum atomic E-state index is -0.554. The van der Waals surface area contributed by atoms with Crippen LogP contribution in [0.3, 0.4) is 0 Å². The molecule has 1 aromatic heterocycles. The summed E-state index contributed by atoms with van der Waals surface area (Å²) in [6.45, 7) is 0.117. The van der Waals surface area contributed by atoms with Crippen LogP contribution in [-0.4, -0.2) is 18.1 Å². The Morgan fingerprint density at radius 1 is 1.30 bits per heavy atom. The number of halogens is 2. The molecule has 6 heteroatoms. The molecule has 0 fully saturated rings. The zero-order valence-corrected chi connectivity index (χ0v) is 12.1. The Kier molecular flexibility index (Phi) is 4.82. The summed E-state index contributed by atoms with van der Waals surface area (Å²) in [6, 6.07) is 8.62. The number of benzene rings is 1. The van der Waals surface area contributed by atoms with Crippen molar-refractivity contribution in [3.05, 3.63) is 57.8 Å². The van der Waals surface area contributed by atoms with Gasteiger partial charge in [-0.25, -0.2) is 9.78 Å². The molecule has 0 saturated heterocycles. The van der Waals surface area contributed by atoms with Gasteiger partial charge in [-0.2, -0.15) is 0 Å². The number of hydrogen-bond donors (Lipinski definition) is 0. The Morgan fingerprint density at radius 2 is 2.10 bits per heavy atom. The fourth-order valence-electron chi connectivity index (χ4n) is 1.56. The zero-order valence-electron chi connectivity index (χ0n) is 10.6. The third kappa shape index (κ3) is 3.62. The van der Waals surface area contributed by atoms with E-state index in [-0.39, 0.29) is 22.3 Å². The fraction of sp³-hybridized carbons (Fsp3) is 0.143. The van der Waals surface area contributed by atoms with Crippen molar-refractivity contribution >= 4 is 29.2 Å². The van der Waals surface area contributed by atoms with Gasteiger partial charge in [0, 0.05) is 6.20 Å². The number of pyridine rings is 1. The molecule has 20 heavy (non-hydrogen) atoms. The molecule has 0 N–H and O–H groups in total. The van der Waals surface area contributed by atoms with Crippen molar-refractivity contribution in [1.29, 1.82) is 0 Å². The van der Waals surface area contributed by atoms with Crippen LogP contribution in [0.25, 0.3) is 0 Å². The van der Waals surface area contributed by atoms with Gasteiger partial charge in [0.05, 0.1) is 17.7 Å². The molecular weight excluding hydrogens is 301 g/mol. The molecule has 0 bridgehead atoms. The topological polar surface area (TPSA) is 48.4 Å². The van der Waals surface area contributed by atoms with Crippen molar-refractivity contribution in [2.75, 3.05) is 7.11 Å². The van der Waals surface area contributed by atoms with E-state index >= 15 is 0 Å². The quantitative estimate of drug-likeness (QED) is 0.637. The minimum Gasteiger partial charge on any atom is -0.497 e. The average Bonchev–Trinajstić information content (AvgIpc) is 2.47. The number of hydrogen-bond acceptors (Lipinski definition) is 4. The number of rotatable bonds is 4. The number of ether oxygens (including phenoxy) is 2. The molecule has 2 rings (SSSR count). The lowest BCUT2D eigenvalue weighted by atomic mass is 10.2. The van der Waals surface area contributed by atoms with Crippen molar-refractivity contribution in [3.8, 4) is 5.75 Å². The second-order valence-corrected chi connectivity index (χ2v) is 4.71. The van der Waals surface area contributed by atoms with Crippen molar-refractivity contribution in [2.45, 2.75) is 6.61 Å². The SMILES string of the molecule is COc1cccc(COC(=O)c2cc(Cl)ncc2Cl)c1. The first-order chi connectivity index (χ1) is 9.60.